The normalized spacial score (nSPS) is 12.3. The molecule has 0 radical (unpaired) electrons. The molecule has 1 atom stereocenters. The smallest absolute Gasteiger partial charge is 0.199 e. The van der Waals surface area contributed by atoms with E-state index in [4.69, 9.17) is 4.74 Å². The highest BCUT2D eigenvalue weighted by atomic mass is 16.6. The minimum absolute atomic E-state index is 0.0205. The third kappa shape index (κ3) is 6.46. The zero-order chi connectivity index (χ0) is 27.0. The summed E-state index contributed by atoms with van der Waals surface area (Å²) in [5.74, 6) is 0.672. The highest BCUT2D eigenvalue weighted by Crippen LogP contribution is 2.35. The molecular formula is C36H33NO2. The first-order chi connectivity index (χ1) is 19.1. The van der Waals surface area contributed by atoms with Crippen LogP contribution in [0, 0.1) is 5.92 Å². The van der Waals surface area contributed by atoms with Crippen LogP contribution in [0.15, 0.2) is 140 Å². The Kier molecular flexibility index (Phi) is 8.20. The summed E-state index contributed by atoms with van der Waals surface area (Å²) in [5, 5.41) is 10.1. The molecule has 0 amide bonds. The molecule has 5 aromatic rings. The van der Waals surface area contributed by atoms with Crippen LogP contribution in [0.3, 0.4) is 0 Å². The molecule has 0 saturated carbocycles. The van der Waals surface area contributed by atoms with E-state index in [2.05, 4.69) is 108 Å². The van der Waals surface area contributed by atoms with Crippen LogP contribution in [-0.2, 0) is 0 Å². The van der Waals surface area contributed by atoms with Gasteiger partial charge in [0.05, 0.1) is 0 Å². The van der Waals surface area contributed by atoms with E-state index in [0.717, 1.165) is 39.3 Å². The van der Waals surface area contributed by atoms with Gasteiger partial charge >= 0.3 is 0 Å². The van der Waals surface area contributed by atoms with Crippen LogP contribution in [0.4, 0.5) is 17.1 Å². The van der Waals surface area contributed by atoms with E-state index in [-0.39, 0.29) is 5.92 Å². The summed E-state index contributed by atoms with van der Waals surface area (Å²) in [5.41, 5.74) is 7.75. The van der Waals surface area contributed by atoms with E-state index in [0.29, 0.717) is 5.75 Å². The van der Waals surface area contributed by atoms with Gasteiger partial charge in [-0.25, -0.2) is 0 Å². The SMILES string of the molecule is CC(C)C(O)Oc1ccc(C(=Cc2ccc(N(c3ccccc3)c3ccccc3)cc2)c2ccccc2)cc1. The molecule has 0 aromatic heterocycles. The Bertz CT molecular complexity index is 1440. The second kappa shape index (κ2) is 12.3. The topological polar surface area (TPSA) is 32.7 Å². The van der Waals surface area contributed by atoms with Crippen LogP contribution in [0.2, 0.25) is 0 Å². The standard InChI is InChI=1S/C36H33NO2/c1-27(2)36(38)39-34-24-20-30(21-25-34)35(29-12-6-3-7-13-29)26-28-18-22-33(23-19-28)37(31-14-8-4-9-15-31)32-16-10-5-11-17-32/h3-27,36,38H,1-2H3. The summed E-state index contributed by atoms with van der Waals surface area (Å²) >= 11 is 0. The van der Waals surface area contributed by atoms with Gasteiger partial charge in [-0.3, -0.25) is 0 Å². The predicted molar refractivity (Wildman–Crippen MR) is 162 cm³/mol. The van der Waals surface area contributed by atoms with Gasteiger partial charge in [0, 0.05) is 23.0 Å². The lowest BCUT2D eigenvalue weighted by molar-refractivity contribution is -0.0515. The summed E-state index contributed by atoms with van der Waals surface area (Å²) in [7, 11) is 0. The highest BCUT2D eigenvalue weighted by molar-refractivity contribution is 5.92. The summed E-state index contributed by atoms with van der Waals surface area (Å²) in [6.45, 7) is 3.86. The number of nitrogens with zero attached hydrogens (tertiary/aromatic N) is 1. The van der Waals surface area contributed by atoms with E-state index in [1.54, 1.807) is 0 Å². The molecule has 0 fully saturated rings. The fourth-order valence-corrected chi connectivity index (χ4v) is 4.43. The Morgan fingerprint density at radius 1 is 0.590 bits per heavy atom. The minimum Gasteiger partial charge on any atom is -0.465 e. The summed E-state index contributed by atoms with van der Waals surface area (Å²) < 4.78 is 5.67. The summed E-state index contributed by atoms with van der Waals surface area (Å²) in [4.78, 5) is 2.26. The molecule has 3 heteroatoms. The zero-order valence-electron chi connectivity index (χ0n) is 22.3. The molecule has 39 heavy (non-hydrogen) atoms. The number of ether oxygens (including phenoxy) is 1. The molecule has 0 aliphatic carbocycles. The summed E-state index contributed by atoms with van der Waals surface area (Å²) in [6.07, 6.45) is 1.39. The fraction of sp³-hybridized carbons (Fsp3) is 0.111. The highest BCUT2D eigenvalue weighted by Gasteiger charge is 2.13. The second-order valence-electron chi connectivity index (χ2n) is 9.80. The van der Waals surface area contributed by atoms with Crippen molar-refractivity contribution in [2.24, 2.45) is 5.92 Å². The molecule has 0 heterocycles. The van der Waals surface area contributed by atoms with Gasteiger partial charge in [-0.1, -0.05) is 105 Å². The molecule has 0 saturated heterocycles. The van der Waals surface area contributed by atoms with E-state index in [1.165, 1.54) is 0 Å². The predicted octanol–water partition coefficient (Wildman–Crippen LogP) is 9.10. The van der Waals surface area contributed by atoms with Gasteiger partial charge in [0.25, 0.3) is 0 Å². The van der Waals surface area contributed by atoms with E-state index in [1.807, 2.05) is 56.3 Å². The van der Waals surface area contributed by atoms with Crippen LogP contribution in [0.25, 0.3) is 11.6 Å². The quantitative estimate of drug-likeness (QED) is 0.158. The average Bonchev–Trinajstić information content (AvgIpc) is 2.99. The van der Waals surface area contributed by atoms with Gasteiger partial charge in [-0.05, 0) is 76.9 Å². The fourth-order valence-electron chi connectivity index (χ4n) is 4.43. The molecule has 5 aromatic carbocycles. The van der Waals surface area contributed by atoms with Crippen LogP contribution in [0.1, 0.15) is 30.5 Å². The molecule has 194 valence electrons. The molecule has 0 bridgehead atoms. The maximum absolute atomic E-state index is 10.1. The minimum atomic E-state index is -0.829. The maximum atomic E-state index is 10.1. The van der Waals surface area contributed by atoms with Gasteiger partial charge < -0.3 is 14.7 Å². The third-order valence-electron chi connectivity index (χ3n) is 6.57. The molecule has 3 nitrogen and oxygen atoms in total. The van der Waals surface area contributed by atoms with Gasteiger partial charge in [-0.2, -0.15) is 0 Å². The first-order valence-electron chi connectivity index (χ1n) is 13.3. The van der Waals surface area contributed by atoms with Crippen molar-refractivity contribution in [2.45, 2.75) is 20.1 Å². The first-order valence-corrected chi connectivity index (χ1v) is 13.3. The Balaban J connectivity index is 1.48. The number of para-hydroxylation sites is 2. The first kappa shape index (κ1) is 26.0. The number of hydrogen-bond donors (Lipinski definition) is 1. The summed E-state index contributed by atoms with van der Waals surface area (Å²) in [6, 6.07) is 47.8. The van der Waals surface area contributed by atoms with Gasteiger partial charge in [0.2, 0.25) is 0 Å². The van der Waals surface area contributed by atoms with Crippen molar-refractivity contribution in [2.75, 3.05) is 4.90 Å². The van der Waals surface area contributed by atoms with E-state index >= 15 is 0 Å². The van der Waals surface area contributed by atoms with Crippen molar-refractivity contribution >= 4 is 28.7 Å². The van der Waals surface area contributed by atoms with Crippen LogP contribution in [-0.4, -0.2) is 11.4 Å². The van der Waals surface area contributed by atoms with Crippen LogP contribution >= 0.6 is 0 Å². The average molecular weight is 512 g/mol. The van der Waals surface area contributed by atoms with Gasteiger partial charge in [0.1, 0.15) is 5.75 Å². The van der Waals surface area contributed by atoms with Gasteiger partial charge in [-0.15, -0.1) is 0 Å². The Morgan fingerprint density at radius 2 is 1.05 bits per heavy atom. The van der Waals surface area contributed by atoms with Gasteiger partial charge in [0.15, 0.2) is 6.29 Å². The van der Waals surface area contributed by atoms with Crippen molar-refractivity contribution in [3.8, 4) is 5.75 Å². The molecule has 0 aliphatic heterocycles. The number of anilines is 3. The molecular weight excluding hydrogens is 478 g/mol. The number of rotatable bonds is 9. The largest absolute Gasteiger partial charge is 0.465 e. The molecule has 0 aliphatic rings. The number of hydrogen-bond acceptors (Lipinski definition) is 3. The van der Waals surface area contributed by atoms with Crippen molar-refractivity contribution in [1.29, 1.82) is 0 Å². The van der Waals surface area contributed by atoms with Crippen molar-refractivity contribution < 1.29 is 9.84 Å². The Morgan fingerprint density at radius 3 is 1.56 bits per heavy atom. The van der Waals surface area contributed by atoms with E-state index < -0.39 is 6.29 Å². The van der Waals surface area contributed by atoms with Crippen molar-refractivity contribution in [3.05, 3.63) is 156 Å². The monoisotopic (exact) mass is 511 g/mol. The van der Waals surface area contributed by atoms with Crippen molar-refractivity contribution in [1.82, 2.24) is 0 Å². The molecule has 0 spiro atoms. The lowest BCUT2D eigenvalue weighted by Crippen LogP contribution is -2.21. The molecule has 1 N–H and O–H groups in total. The number of aliphatic hydroxyl groups is 1. The molecule has 1 unspecified atom stereocenters. The zero-order valence-corrected chi connectivity index (χ0v) is 22.3. The third-order valence-corrected chi connectivity index (χ3v) is 6.57. The maximum Gasteiger partial charge on any atom is 0.199 e. The lowest BCUT2D eigenvalue weighted by atomic mass is 9.95. The lowest BCUT2D eigenvalue weighted by Gasteiger charge is -2.25. The van der Waals surface area contributed by atoms with Crippen LogP contribution < -0.4 is 9.64 Å². The number of aliphatic hydroxyl groups excluding tert-OH is 1. The second-order valence-corrected chi connectivity index (χ2v) is 9.80. The molecule has 5 rings (SSSR count). The Labute approximate surface area is 231 Å². The van der Waals surface area contributed by atoms with E-state index in [9.17, 15) is 5.11 Å². The van der Waals surface area contributed by atoms with Crippen molar-refractivity contribution in [3.63, 3.8) is 0 Å². The number of benzene rings is 5. The van der Waals surface area contributed by atoms with Crippen LogP contribution in [0.5, 0.6) is 5.75 Å². The Hall–Kier alpha value is -4.60.